The second-order valence-corrected chi connectivity index (χ2v) is 3.74. The first-order valence-electron chi connectivity index (χ1n) is 3.79. The average molecular weight is 223 g/mol. The number of hydrogen-bond acceptors (Lipinski definition) is 5. The van der Waals surface area contributed by atoms with Crippen LogP contribution in [0, 0.1) is 4.78 Å². The van der Waals surface area contributed by atoms with Crippen molar-refractivity contribution in [3.05, 3.63) is 0 Å². The van der Waals surface area contributed by atoms with Crippen LogP contribution in [0.4, 0.5) is 0 Å². The largest absolute Gasteiger partial charge is 0.480 e. The zero-order valence-corrected chi connectivity index (χ0v) is 8.69. The molecular formula is C6H13N3O4S. The van der Waals surface area contributed by atoms with Crippen molar-refractivity contribution in [2.75, 3.05) is 0 Å². The van der Waals surface area contributed by atoms with Crippen molar-refractivity contribution in [2.45, 2.75) is 25.9 Å². The number of thiol groups is 1. The van der Waals surface area contributed by atoms with E-state index in [1.807, 2.05) is 0 Å². The van der Waals surface area contributed by atoms with Crippen LogP contribution in [0.5, 0.6) is 0 Å². The van der Waals surface area contributed by atoms with E-state index in [-0.39, 0.29) is 0 Å². The van der Waals surface area contributed by atoms with E-state index in [9.17, 15) is 13.8 Å². The van der Waals surface area contributed by atoms with Crippen molar-refractivity contribution >= 4 is 22.7 Å². The molecule has 0 bridgehead atoms. The van der Waals surface area contributed by atoms with Crippen molar-refractivity contribution < 1.29 is 18.9 Å². The molecule has 3 atom stereocenters. The van der Waals surface area contributed by atoms with Gasteiger partial charge in [-0.2, -0.15) is 0 Å². The lowest BCUT2D eigenvalue weighted by molar-refractivity contribution is -0.145. The number of aliphatic carboxylic acids is 1. The second kappa shape index (κ2) is 4.91. The summed E-state index contributed by atoms with van der Waals surface area (Å²) in [6, 6.07) is -2.28. The molecule has 0 aliphatic heterocycles. The molecule has 0 aliphatic rings. The Morgan fingerprint density at radius 2 is 1.93 bits per heavy atom. The number of nitrogens with two attached hydrogens (primary N) is 1. The lowest BCUT2D eigenvalue weighted by atomic mass is 10.3. The molecule has 0 heterocycles. The molecule has 8 heteroatoms. The minimum absolute atomic E-state index is 0.461. The number of amides is 1. The van der Waals surface area contributed by atoms with Crippen molar-refractivity contribution in [3.8, 4) is 0 Å². The molecule has 0 aliphatic carbocycles. The zero-order valence-electron chi connectivity index (χ0n) is 7.80. The minimum atomic E-state index is -2.78. The van der Waals surface area contributed by atoms with E-state index in [0.717, 1.165) is 0 Å². The molecule has 4 N–H and O–H groups in total. The Hall–Kier alpha value is -1.15. The molecule has 0 radical (unpaired) electrons. The highest BCUT2D eigenvalue weighted by Gasteiger charge is 2.28. The predicted molar refractivity (Wildman–Crippen MR) is 49.9 cm³/mol. The molecule has 0 aromatic carbocycles. The summed E-state index contributed by atoms with van der Waals surface area (Å²) >= 11 is 0. The third-order valence-corrected chi connectivity index (χ3v) is 2.47. The number of hydrogen-bond donors (Lipinski definition) is 4. The molecule has 0 spiro atoms. The van der Waals surface area contributed by atoms with Gasteiger partial charge in [0.1, 0.15) is 16.8 Å². The molecule has 7 nitrogen and oxygen atoms in total. The molecule has 1 unspecified atom stereocenters. The van der Waals surface area contributed by atoms with Gasteiger partial charge in [0.05, 0.1) is 6.04 Å². The minimum Gasteiger partial charge on any atom is -0.480 e. The van der Waals surface area contributed by atoms with Crippen LogP contribution in [0.25, 0.3) is 0 Å². The Kier molecular flexibility index (Phi) is 4.51. The van der Waals surface area contributed by atoms with Gasteiger partial charge in [-0.25, -0.2) is 18.1 Å². The molecule has 0 aromatic rings. The van der Waals surface area contributed by atoms with Crippen molar-refractivity contribution in [1.29, 1.82) is 4.78 Å². The summed E-state index contributed by atoms with van der Waals surface area (Å²) in [6.45, 7) is 2.51. The molecule has 0 fully saturated rings. The fourth-order valence-electron chi connectivity index (χ4n) is 0.751. The summed E-state index contributed by atoms with van der Waals surface area (Å²) < 4.78 is 18.2. The van der Waals surface area contributed by atoms with Crippen LogP contribution >= 0.6 is 0 Å². The third-order valence-electron chi connectivity index (χ3n) is 1.54. The molecule has 0 rings (SSSR count). The maximum absolute atomic E-state index is 11.3. The summed E-state index contributed by atoms with van der Waals surface area (Å²) in [5.74, 6) is -2.13. The van der Waals surface area contributed by atoms with Crippen LogP contribution in [0.15, 0.2) is 0 Å². The van der Waals surface area contributed by atoms with E-state index in [0.29, 0.717) is 4.31 Å². The highest BCUT2D eigenvalue weighted by atomic mass is 32.2. The van der Waals surface area contributed by atoms with Gasteiger partial charge in [0.2, 0.25) is 0 Å². The highest BCUT2D eigenvalue weighted by Crippen LogP contribution is 2.02. The SMILES string of the molecule is C[C@H](N)C(=O)N([C@@H](C)C(=O)O)[SH](=N)=O. The number of rotatable bonds is 4. The van der Waals surface area contributed by atoms with E-state index >= 15 is 0 Å². The lowest BCUT2D eigenvalue weighted by Gasteiger charge is -2.22. The smallest absolute Gasteiger partial charge is 0.327 e. The van der Waals surface area contributed by atoms with Crippen LogP contribution in [0.1, 0.15) is 13.8 Å². The van der Waals surface area contributed by atoms with Crippen LogP contribution in [-0.4, -0.2) is 37.6 Å². The Balaban J connectivity index is 4.96. The van der Waals surface area contributed by atoms with Gasteiger partial charge in [-0.1, -0.05) is 0 Å². The van der Waals surface area contributed by atoms with Gasteiger partial charge in [0.15, 0.2) is 0 Å². The molecule has 0 aromatic heterocycles. The van der Waals surface area contributed by atoms with Gasteiger partial charge in [-0.05, 0) is 13.8 Å². The predicted octanol–water partition coefficient (Wildman–Crippen LogP) is -1.21. The molecule has 82 valence electrons. The highest BCUT2D eigenvalue weighted by molar-refractivity contribution is 7.71. The summed E-state index contributed by atoms with van der Waals surface area (Å²) in [5.41, 5.74) is 5.22. The zero-order chi connectivity index (χ0) is 11.5. The van der Waals surface area contributed by atoms with Gasteiger partial charge >= 0.3 is 5.97 Å². The van der Waals surface area contributed by atoms with Crippen LogP contribution in [0.3, 0.4) is 0 Å². The van der Waals surface area contributed by atoms with E-state index < -0.39 is 34.7 Å². The number of nitrogens with one attached hydrogen (secondary N) is 1. The van der Waals surface area contributed by atoms with Crippen molar-refractivity contribution in [1.82, 2.24) is 4.31 Å². The van der Waals surface area contributed by atoms with E-state index in [4.69, 9.17) is 15.6 Å². The Bertz CT molecular complexity index is 304. The van der Waals surface area contributed by atoms with E-state index in [1.165, 1.54) is 13.8 Å². The summed E-state index contributed by atoms with van der Waals surface area (Å²) in [7, 11) is -2.78. The van der Waals surface area contributed by atoms with Crippen LogP contribution < -0.4 is 5.73 Å². The normalized spacial score (nSPS) is 16.8. The Labute approximate surface area is 83.0 Å². The molecule has 0 saturated carbocycles. The van der Waals surface area contributed by atoms with E-state index in [2.05, 4.69) is 0 Å². The monoisotopic (exact) mass is 223 g/mol. The number of carbonyl (C=O) groups is 2. The first kappa shape index (κ1) is 12.8. The second-order valence-electron chi connectivity index (χ2n) is 2.76. The van der Waals surface area contributed by atoms with Gasteiger partial charge in [0.25, 0.3) is 5.91 Å². The first-order valence-corrected chi connectivity index (χ1v) is 5.00. The Morgan fingerprint density at radius 3 is 2.14 bits per heavy atom. The fraction of sp³-hybridized carbons (Fsp3) is 0.667. The summed E-state index contributed by atoms with van der Waals surface area (Å²) in [4.78, 5) is 21.8. The average Bonchev–Trinajstić information content (AvgIpc) is 2.03. The van der Waals surface area contributed by atoms with Gasteiger partial charge < -0.3 is 10.8 Å². The van der Waals surface area contributed by atoms with Crippen molar-refractivity contribution in [3.63, 3.8) is 0 Å². The van der Waals surface area contributed by atoms with Gasteiger partial charge in [-0.15, -0.1) is 0 Å². The van der Waals surface area contributed by atoms with Crippen LogP contribution in [-0.2, 0) is 20.4 Å². The van der Waals surface area contributed by atoms with Crippen molar-refractivity contribution in [2.24, 2.45) is 5.73 Å². The molecular weight excluding hydrogens is 210 g/mol. The lowest BCUT2D eigenvalue weighted by Crippen LogP contribution is -2.48. The van der Waals surface area contributed by atoms with Gasteiger partial charge in [-0.3, -0.25) is 4.79 Å². The van der Waals surface area contributed by atoms with Crippen LogP contribution in [0.2, 0.25) is 0 Å². The van der Waals surface area contributed by atoms with Gasteiger partial charge in [0, 0.05) is 0 Å². The topological polar surface area (TPSA) is 125 Å². The number of nitrogens with zero attached hydrogens (tertiary/aromatic N) is 1. The number of carbonyl (C=O) groups excluding carboxylic acids is 1. The Morgan fingerprint density at radius 1 is 1.50 bits per heavy atom. The molecule has 0 saturated heterocycles. The maximum Gasteiger partial charge on any atom is 0.327 e. The summed E-state index contributed by atoms with van der Waals surface area (Å²) in [6.07, 6.45) is 0. The summed E-state index contributed by atoms with van der Waals surface area (Å²) in [5, 5.41) is 8.59. The molecule has 14 heavy (non-hydrogen) atoms. The fourth-order valence-corrected chi connectivity index (χ4v) is 1.53. The molecule has 1 amide bonds. The number of carboxylic acids is 1. The standard InChI is InChI=1S/C6H13N3O4S/c1-3(7)5(10)9(14(8)13)4(2)6(11)12/h3-4,8,14H,7H2,1-2H3,(H,11,12)/t3-,4-/m0/s1. The van der Waals surface area contributed by atoms with E-state index in [1.54, 1.807) is 0 Å². The first-order chi connectivity index (χ1) is 6.29. The maximum atomic E-state index is 11.3. The quantitative estimate of drug-likeness (QED) is 0.445. The third kappa shape index (κ3) is 2.96. The number of carboxylic acid groups (broad SMARTS) is 1.